The molecule has 1 amide bonds. The standard InChI is InChI=1S/C26H22Cl2N4O/c1-32(2)25-20-9-10-29-23(16-11-17(27)13-18(28)12-16)24(20)30-14-21(25)26(33)31-22-8-7-15-5-3-4-6-19(15)22/h3-6,9-14,22H,7-8H2,1-2H3,(H,31,33)/t22-/m1/s1. The number of aryl methyl sites for hydroxylation is 1. The largest absolute Gasteiger partial charge is 0.376 e. The van der Waals surface area contributed by atoms with Crippen LogP contribution in [0.25, 0.3) is 22.2 Å². The maximum atomic E-state index is 13.4. The lowest BCUT2D eigenvalue weighted by atomic mass is 10.0. The van der Waals surface area contributed by atoms with E-state index in [1.165, 1.54) is 11.1 Å². The van der Waals surface area contributed by atoms with Gasteiger partial charge in [-0.15, -0.1) is 0 Å². The molecule has 0 bridgehead atoms. The maximum Gasteiger partial charge on any atom is 0.255 e. The van der Waals surface area contributed by atoms with E-state index in [0.717, 1.165) is 29.5 Å². The number of hydrogen-bond acceptors (Lipinski definition) is 4. The van der Waals surface area contributed by atoms with Crippen molar-refractivity contribution in [1.82, 2.24) is 15.3 Å². The van der Waals surface area contributed by atoms with Gasteiger partial charge in [0.1, 0.15) is 0 Å². The number of anilines is 1. The van der Waals surface area contributed by atoms with E-state index in [1.54, 1.807) is 18.5 Å². The fourth-order valence-electron chi connectivity index (χ4n) is 4.60. The summed E-state index contributed by atoms with van der Waals surface area (Å²) in [5.74, 6) is -0.140. The lowest BCUT2D eigenvalue weighted by Crippen LogP contribution is -2.29. The number of nitrogens with zero attached hydrogens (tertiary/aromatic N) is 3. The van der Waals surface area contributed by atoms with Crippen molar-refractivity contribution < 1.29 is 4.79 Å². The van der Waals surface area contributed by atoms with E-state index in [-0.39, 0.29) is 11.9 Å². The Bertz CT molecular complexity index is 1370. The molecule has 2 aromatic heterocycles. The van der Waals surface area contributed by atoms with Crippen LogP contribution in [0.2, 0.25) is 10.0 Å². The van der Waals surface area contributed by atoms with Gasteiger partial charge in [0.2, 0.25) is 0 Å². The average Bonchev–Trinajstić information content (AvgIpc) is 3.19. The van der Waals surface area contributed by atoms with E-state index in [0.29, 0.717) is 26.8 Å². The van der Waals surface area contributed by atoms with E-state index in [1.807, 2.05) is 49.3 Å². The average molecular weight is 477 g/mol. The molecular formula is C26H22Cl2N4O. The lowest BCUT2D eigenvalue weighted by molar-refractivity contribution is 0.0937. The Kier molecular flexibility index (Phi) is 5.69. The van der Waals surface area contributed by atoms with Crippen LogP contribution in [-0.2, 0) is 6.42 Å². The van der Waals surface area contributed by atoms with Gasteiger partial charge in [-0.25, -0.2) is 0 Å². The first-order chi connectivity index (χ1) is 15.9. The van der Waals surface area contributed by atoms with Crippen LogP contribution in [0, 0.1) is 0 Å². The molecule has 1 atom stereocenters. The zero-order chi connectivity index (χ0) is 23.1. The highest BCUT2D eigenvalue weighted by Gasteiger charge is 2.26. The summed E-state index contributed by atoms with van der Waals surface area (Å²) in [4.78, 5) is 24.5. The number of pyridine rings is 2. The van der Waals surface area contributed by atoms with Crippen molar-refractivity contribution in [3.63, 3.8) is 0 Å². The molecule has 0 aliphatic heterocycles. The fourth-order valence-corrected chi connectivity index (χ4v) is 5.13. The summed E-state index contributed by atoms with van der Waals surface area (Å²) in [6, 6.07) is 15.5. The SMILES string of the molecule is CN(C)c1c(C(=O)N[C@@H]2CCc3ccccc32)cnc2c(-c3cc(Cl)cc(Cl)c3)nccc12. The zero-order valence-corrected chi connectivity index (χ0v) is 19.8. The highest BCUT2D eigenvalue weighted by molar-refractivity contribution is 6.35. The first kappa shape index (κ1) is 21.7. The Morgan fingerprint density at radius 3 is 2.58 bits per heavy atom. The van der Waals surface area contributed by atoms with Gasteiger partial charge >= 0.3 is 0 Å². The number of halogens is 2. The number of amides is 1. The summed E-state index contributed by atoms with van der Waals surface area (Å²) in [6.07, 6.45) is 5.21. The van der Waals surface area contributed by atoms with Gasteiger partial charge < -0.3 is 10.2 Å². The number of hydrogen-bond donors (Lipinski definition) is 1. The highest BCUT2D eigenvalue weighted by atomic mass is 35.5. The quantitative estimate of drug-likeness (QED) is 0.387. The van der Waals surface area contributed by atoms with Gasteiger partial charge in [-0.3, -0.25) is 14.8 Å². The molecule has 0 saturated carbocycles. The maximum absolute atomic E-state index is 13.4. The van der Waals surface area contributed by atoms with Crippen molar-refractivity contribution in [2.45, 2.75) is 18.9 Å². The van der Waals surface area contributed by atoms with Crippen LogP contribution in [0.3, 0.4) is 0 Å². The van der Waals surface area contributed by atoms with Gasteiger partial charge in [-0.1, -0.05) is 47.5 Å². The third-order valence-electron chi connectivity index (χ3n) is 6.02. The third kappa shape index (κ3) is 4.03. The molecule has 0 fully saturated rings. The topological polar surface area (TPSA) is 58.1 Å². The van der Waals surface area contributed by atoms with Gasteiger partial charge in [0.15, 0.2) is 0 Å². The molecule has 33 heavy (non-hydrogen) atoms. The van der Waals surface area contributed by atoms with Crippen molar-refractivity contribution in [2.24, 2.45) is 0 Å². The number of fused-ring (bicyclic) bond motifs is 2. The van der Waals surface area contributed by atoms with Crippen LogP contribution in [0.1, 0.15) is 33.9 Å². The molecule has 7 heteroatoms. The van der Waals surface area contributed by atoms with E-state index in [2.05, 4.69) is 27.4 Å². The zero-order valence-electron chi connectivity index (χ0n) is 18.3. The molecule has 2 heterocycles. The molecule has 166 valence electrons. The third-order valence-corrected chi connectivity index (χ3v) is 6.46. The van der Waals surface area contributed by atoms with Crippen LogP contribution < -0.4 is 10.2 Å². The minimum atomic E-state index is -0.140. The van der Waals surface area contributed by atoms with Crippen LogP contribution in [0.4, 0.5) is 5.69 Å². The lowest BCUT2D eigenvalue weighted by Gasteiger charge is -2.21. The molecule has 0 spiro atoms. The minimum Gasteiger partial charge on any atom is -0.376 e. The van der Waals surface area contributed by atoms with Crippen molar-refractivity contribution in [3.05, 3.63) is 87.7 Å². The minimum absolute atomic E-state index is 0.000938. The van der Waals surface area contributed by atoms with E-state index >= 15 is 0 Å². The van der Waals surface area contributed by atoms with Gasteiger partial charge in [-0.05, 0) is 48.2 Å². The fraction of sp³-hybridized carbons (Fsp3) is 0.192. The number of nitrogens with one attached hydrogen (secondary N) is 1. The predicted octanol–water partition coefficient (Wildman–Crippen LogP) is 6.09. The Labute approximate surface area is 202 Å². The van der Waals surface area contributed by atoms with Gasteiger partial charge in [0.05, 0.1) is 28.5 Å². The van der Waals surface area contributed by atoms with Crippen LogP contribution in [0.15, 0.2) is 60.9 Å². The Morgan fingerprint density at radius 2 is 1.82 bits per heavy atom. The molecule has 5 rings (SSSR count). The van der Waals surface area contributed by atoms with E-state index in [9.17, 15) is 4.79 Å². The normalized spacial score (nSPS) is 14.8. The molecule has 2 aromatic carbocycles. The smallest absolute Gasteiger partial charge is 0.255 e. The molecule has 1 N–H and O–H groups in total. The Morgan fingerprint density at radius 1 is 1.06 bits per heavy atom. The molecule has 0 unspecified atom stereocenters. The highest BCUT2D eigenvalue weighted by Crippen LogP contribution is 2.36. The van der Waals surface area contributed by atoms with Crippen LogP contribution >= 0.6 is 23.2 Å². The molecule has 4 aromatic rings. The van der Waals surface area contributed by atoms with Gasteiger partial charge in [-0.2, -0.15) is 0 Å². The van der Waals surface area contributed by atoms with Gasteiger partial charge in [0, 0.05) is 47.5 Å². The summed E-state index contributed by atoms with van der Waals surface area (Å²) in [5, 5.41) is 5.10. The second-order valence-corrected chi connectivity index (χ2v) is 9.27. The summed E-state index contributed by atoms with van der Waals surface area (Å²) >= 11 is 12.4. The van der Waals surface area contributed by atoms with Crippen molar-refractivity contribution in [1.29, 1.82) is 0 Å². The summed E-state index contributed by atoms with van der Waals surface area (Å²) in [7, 11) is 3.85. The van der Waals surface area contributed by atoms with Crippen molar-refractivity contribution >= 4 is 45.7 Å². The van der Waals surface area contributed by atoms with Crippen LogP contribution in [-0.4, -0.2) is 30.0 Å². The molecule has 0 radical (unpaired) electrons. The van der Waals surface area contributed by atoms with Crippen molar-refractivity contribution in [2.75, 3.05) is 19.0 Å². The Hall–Kier alpha value is -3.15. The first-order valence-corrected chi connectivity index (χ1v) is 11.5. The van der Waals surface area contributed by atoms with E-state index in [4.69, 9.17) is 23.2 Å². The molecule has 5 nitrogen and oxygen atoms in total. The number of rotatable bonds is 4. The number of aromatic nitrogens is 2. The first-order valence-electron chi connectivity index (χ1n) is 10.7. The predicted molar refractivity (Wildman–Crippen MR) is 134 cm³/mol. The Balaban J connectivity index is 1.58. The summed E-state index contributed by atoms with van der Waals surface area (Å²) < 4.78 is 0. The second-order valence-electron chi connectivity index (χ2n) is 8.39. The molecular weight excluding hydrogens is 455 g/mol. The number of benzene rings is 2. The summed E-state index contributed by atoms with van der Waals surface area (Å²) in [5.41, 5.74) is 5.92. The summed E-state index contributed by atoms with van der Waals surface area (Å²) in [6.45, 7) is 0. The molecule has 0 saturated heterocycles. The second kappa shape index (κ2) is 8.65. The monoisotopic (exact) mass is 476 g/mol. The van der Waals surface area contributed by atoms with Gasteiger partial charge in [0.25, 0.3) is 5.91 Å². The molecule has 1 aliphatic carbocycles. The number of carbonyl (C=O) groups is 1. The van der Waals surface area contributed by atoms with E-state index < -0.39 is 0 Å². The number of carbonyl (C=O) groups excluding carboxylic acids is 1. The van der Waals surface area contributed by atoms with Crippen molar-refractivity contribution in [3.8, 4) is 11.3 Å². The van der Waals surface area contributed by atoms with Crippen LogP contribution in [0.5, 0.6) is 0 Å². The molecule has 1 aliphatic rings.